The third-order valence-electron chi connectivity index (χ3n) is 3.10. The fraction of sp³-hybridized carbons (Fsp3) is 0.500. The molecule has 1 aromatic carbocycles. The number of phenols is 2. The number of ether oxygens (including phenoxy) is 2. The number of carbonyl (C=O) groups is 2. The first kappa shape index (κ1) is 17.8. The molecule has 0 saturated carbocycles. The smallest absolute Gasteiger partial charge is 0.306 e. The van der Waals surface area contributed by atoms with Gasteiger partial charge in [0.05, 0.1) is 13.2 Å². The Morgan fingerprint density at radius 2 is 1.23 bits per heavy atom. The normalized spacial score (nSPS) is 10.3. The maximum absolute atomic E-state index is 11.4. The number of benzene rings is 1. The van der Waals surface area contributed by atoms with E-state index in [1.54, 1.807) is 13.8 Å². The Kier molecular flexibility index (Phi) is 7.22. The molecule has 0 radical (unpaired) electrons. The molecule has 1 rings (SSSR count). The second-order valence-corrected chi connectivity index (χ2v) is 4.72. The zero-order valence-corrected chi connectivity index (χ0v) is 12.9. The van der Waals surface area contributed by atoms with Crippen molar-refractivity contribution in [3.05, 3.63) is 23.3 Å². The molecule has 0 aliphatic heterocycles. The van der Waals surface area contributed by atoms with Crippen LogP contribution in [-0.4, -0.2) is 35.4 Å². The minimum atomic E-state index is -0.327. The SMILES string of the molecule is CCOC(=O)CCc1cc(O)c(O)cc1CCC(=O)OCC. The highest BCUT2D eigenvalue weighted by Crippen LogP contribution is 2.30. The lowest BCUT2D eigenvalue weighted by Gasteiger charge is -2.11. The van der Waals surface area contributed by atoms with E-state index in [4.69, 9.17) is 9.47 Å². The molecular weight excluding hydrogens is 288 g/mol. The molecule has 6 heteroatoms. The lowest BCUT2D eigenvalue weighted by atomic mass is 9.98. The molecule has 0 saturated heterocycles. The van der Waals surface area contributed by atoms with Gasteiger partial charge in [-0.1, -0.05) is 0 Å². The minimum Gasteiger partial charge on any atom is -0.504 e. The van der Waals surface area contributed by atoms with E-state index in [-0.39, 0.29) is 36.3 Å². The highest BCUT2D eigenvalue weighted by atomic mass is 16.5. The van der Waals surface area contributed by atoms with Crippen molar-refractivity contribution in [3.8, 4) is 11.5 Å². The summed E-state index contributed by atoms with van der Waals surface area (Å²) in [5.74, 6) is -1.16. The van der Waals surface area contributed by atoms with Gasteiger partial charge in [-0.15, -0.1) is 0 Å². The maximum atomic E-state index is 11.4. The number of carbonyl (C=O) groups excluding carboxylic acids is 2. The lowest BCUT2D eigenvalue weighted by molar-refractivity contribution is -0.144. The summed E-state index contributed by atoms with van der Waals surface area (Å²) in [7, 11) is 0. The van der Waals surface area contributed by atoms with Gasteiger partial charge in [0.15, 0.2) is 11.5 Å². The first-order valence-corrected chi connectivity index (χ1v) is 7.32. The Morgan fingerprint density at radius 3 is 1.55 bits per heavy atom. The van der Waals surface area contributed by atoms with Crippen LogP contribution in [0, 0.1) is 0 Å². The first-order valence-electron chi connectivity index (χ1n) is 7.32. The molecule has 122 valence electrons. The van der Waals surface area contributed by atoms with Gasteiger partial charge in [0.2, 0.25) is 0 Å². The van der Waals surface area contributed by atoms with E-state index in [1.807, 2.05) is 0 Å². The molecule has 0 fully saturated rings. The molecule has 22 heavy (non-hydrogen) atoms. The number of phenolic OH excluding ortho intramolecular Hbond substituents is 2. The van der Waals surface area contributed by atoms with Gasteiger partial charge in [0.25, 0.3) is 0 Å². The number of hydrogen-bond donors (Lipinski definition) is 2. The van der Waals surface area contributed by atoms with Crippen LogP contribution < -0.4 is 0 Å². The van der Waals surface area contributed by atoms with Crippen LogP contribution in [0.4, 0.5) is 0 Å². The number of hydrogen-bond acceptors (Lipinski definition) is 6. The van der Waals surface area contributed by atoms with Crippen molar-refractivity contribution < 1.29 is 29.3 Å². The van der Waals surface area contributed by atoms with E-state index in [0.717, 1.165) is 0 Å². The van der Waals surface area contributed by atoms with Crippen LogP contribution in [-0.2, 0) is 31.9 Å². The third kappa shape index (κ3) is 5.63. The first-order chi connectivity index (χ1) is 10.5. The van der Waals surface area contributed by atoms with E-state index in [2.05, 4.69) is 0 Å². The Morgan fingerprint density at radius 1 is 0.864 bits per heavy atom. The zero-order valence-electron chi connectivity index (χ0n) is 12.9. The van der Waals surface area contributed by atoms with Crippen molar-refractivity contribution in [3.63, 3.8) is 0 Å². The molecule has 0 bridgehead atoms. The van der Waals surface area contributed by atoms with Crippen LogP contribution in [0.3, 0.4) is 0 Å². The number of rotatable bonds is 8. The van der Waals surface area contributed by atoms with Gasteiger partial charge < -0.3 is 19.7 Å². The van der Waals surface area contributed by atoms with Gasteiger partial charge in [-0.3, -0.25) is 9.59 Å². The predicted octanol–water partition coefficient (Wildman–Crippen LogP) is 2.09. The Hall–Kier alpha value is -2.24. The maximum Gasteiger partial charge on any atom is 0.306 e. The summed E-state index contributed by atoms with van der Waals surface area (Å²) in [5.41, 5.74) is 1.40. The Bertz CT molecular complexity index is 477. The molecule has 0 aliphatic carbocycles. The average molecular weight is 310 g/mol. The van der Waals surface area contributed by atoms with Crippen LogP contribution in [0.15, 0.2) is 12.1 Å². The highest BCUT2D eigenvalue weighted by molar-refractivity contribution is 5.70. The van der Waals surface area contributed by atoms with E-state index >= 15 is 0 Å². The quantitative estimate of drug-likeness (QED) is 0.564. The number of aryl methyl sites for hydroxylation is 2. The van der Waals surface area contributed by atoms with Crippen molar-refractivity contribution in [2.45, 2.75) is 39.5 Å². The van der Waals surface area contributed by atoms with Crippen LogP contribution >= 0.6 is 0 Å². The van der Waals surface area contributed by atoms with E-state index in [0.29, 0.717) is 37.2 Å². The van der Waals surface area contributed by atoms with E-state index in [9.17, 15) is 19.8 Å². The summed E-state index contributed by atoms with van der Waals surface area (Å²) in [6.07, 6.45) is 1.07. The van der Waals surface area contributed by atoms with Gasteiger partial charge >= 0.3 is 11.9 Å². The third-order valence-corrected chi connectivity index (χ3v) is 3.10. The van der Waals surface area contributed by atoms with Crippen molar-refractivity contribution in [2.24, 2.45) is 0 Å². The van der Waals surface area contributed by atoms with Crippen LogP contribution in [0.2, 0.25) is 0 Å². The fourth-order valence-electron chi connectivity index (χ4n) is 2.07. The van der Waals surface area contributed by atoms with Crippen molar-refractivity contribution in [1.29, 1.82) is 0 Å². The van der Waals surface area contributed by atoms with Gasteiger partial charge in [0.1, 0.15) is 0 Å². The van der Waals surface area contributed by atoms with Gasteiger partial charge in [-0.25, -0.2) is 0 Å². The molecular formula is C16H22O6. The molecule has 0 unspecified atom stereocenters. The van der Waals surface area contributed by atoms with Gasteiger partial charge in [-0.2, -0.15) is 0 Å². The molecule has 0 atom stereocenters. The largest absolute Gasteiger partial charge is 0.504 e. The average Bonchev–Trinajstić information content (AvgIpc) is 2.47. The lowest BCUT2D eigenvalue weighted by Crippen LogP contribution is -2.08. The van der Waals surface area contributed by atoms with Crippen LogP contribution in [0.1, 0.15) is 37.8 Å². The van der Waals surface area contributed by atoms with E-state index in [1.165, 1.54) is 12.1 Å². The molecule has 0 amide bonds. The summed E-state index contributed by atoms with van der Waals surface area (Å²) in [6.45, 7) is 4.09. The number of aromatic hydroxyl groups is 2. The monoisotopic (exact) mass is 310 g/mol. The molecule has 0 aromatic heterocycles. The molecule has 6 nitrogen and oxygen atoms in total. The second-order valence-electron chi connectivity index (χ2n) is 4.72. The molecule has 0 aliphatic rings. The highest BCUT2D eigenvalue weighted by Gasteiger charge is 2.13. The van der Waals surface area contributed by atoms with Crippen molar-refractivity contribution >= 4 is 11.9 Å². The topological polar surface area (TPSA) is 93.1 Å². The summed E-state index contributed by atoms with van der Waals surface area (Å²) in [6, 6.07) is 2.82. The fourth-order valence-corrected chi connectivity index (χ4v) is 2.07. The Balaban J connectivity index is 2.78. The second kappa shape index (κ2) is 8.92. The summed E-state index contributed by atoms with van der Waals surface area (Å²) < 4.78 is 9.73. The van der Waals surface area contributed by atoms with Gasteiger partial charge in [0, 0.05) is 12.8 Å². The molecule has 0 spiro atoms. The minimum absolute atomic E-state index is 0.171. The Labute approximate surface area is 129 Å². The van der Waals surface area contributed by atoms with Crippen molar-refractivity contribution in [1.82, 2.24) is 0 Å². The van der Waals surface area contributed by atoms with Crippen molar-refractivity contribution in [2.75, 3.05) is 13.2 Å². The van der Waals surface area contributed by atoms with Crippen LogP contribution in [0.5, 0.6) is 11.5 Å². The van der Waals surface area contributed by atoms with Gasteiger partial charge in [-0.05, 0) is 49.9 Å². The molecule has 0 heterocycles. The predicted molar refractivity (Wildman–Crippen MR) is 79.7 cm³/mol. The molecule has 1 aromatic rings. The zero-order chi connectivity index (χ0) is 16.5. The standard InChI is InChI=1S/C16H22O6/c1-3-21-15(19)7-5-11-9-13(17)14(18)10-12(11)6-8-16(20)22-4-2/h9-10,17-18H,3-8H2,1-2H3. The van der Waals surface area contributed by atoms with E-state index < -0.39 is 0 Å². The summed E-state index contributed by atoms with van der Waals surface area (Å²) in [5, 5.41) is 19.2. The number of esters is 2. The summed E-state index contributed by atoms with van der Waals surface area (Å²) in [4.78, 5) is 22.8. The molecule has 2 N–H and O–H groups in total. The summed E-state index contributed by atoms with van der Waals surface area (Å²) >= 11 is 0. The van der Waals surface area contributed by atoms with Crippen LogP contribution in [0.25, 0.3) is 0 Å².